The van der Waals surface area contributed by atoms with Crippen molar-refractivity contribution in [3.63, 3.8) is 0 Å². The molecule has 0 heteroatoms. The molecule has 0 aromatic carbocycles. The molecule has 0 nitrogen and oxygen atoms in total. The normalized spacial score (nSPS) is 34.1. The van der Waals surface area contributed by atoms with Crippen molar-refractivity contribution in [2.45, 2.75) is 80.1 Å². The highest BCUT2D eigenvalue weighted by molar-refractivity contribution is 5.06. The molecule has 0 aromatic heterocycles. The fourth-order valence-electron chi connectivity index (χ4n) is 4.10. The van der Waals surface area contributed by atoms with Gasteiger partial charge in [0.05, 0.1) is 0 Å². The third kappa shape index (κ3) is 3.73. The monoisotopic (exact) mass is 238 g/mol. The largest absolute Gasteiger partial charge is 0.0654 e. The molecule has 1 rings (SSSR count). The van der Waals surface area contributed by atoms with Crippen molar-refractivity contribution in [3.8, 4) is 0 Å². The van der Waals surface area contributed by atoms with Crippen LogP contribution in [0.1, 0.15) is 80.1 Å². The second-order valence-corrected chi connectivity index (χ2v) is 7.20. The number of unbranched alkanes of at least 4 members (excludes halogenated alkanes) is 1. The highest BCUT2D eigenvalue weighted by Crippen LogP contribution is 2.64. The lowest BCUT2D eigenvalue weighted by molar-refractivity contribution is 0.356. The lowest BCUT2D eigenvalue weighted by Gasteiger charge is -2.16. The van der Waals surface area contributed by atoms with Gasteiger partial charge in [-0.2, -0.15) is 0 Å². The molecule has 0 bridgehead atoms. The van der Waals surface area contributed by atoms with Crippen LogP contribution in [0, 0.1) is 29.1 Å². The second-order valence-electron chi connectivity index (χ2n) is 7.20. The maximum Gasteiger partial charge on any atom is -0.0264 e. The molecule has 0 saturated heterocycles. The third-order valence-electron chi connectivity index (χ3n) is 5.41. The van der Waals surface area contributed by atoms with Gasteiger partial charge in [0.25, 0.3) is 0 Å². The predicted octanol–water partition coefficient (Wildman–Crippen LogP) is 5.91. The molecular weight excluding hydrogens is 204 g/mol. The first kappa shape index (κ1) is 15.1. The third-order valence-corrected chi connectivity index (χ3v) is 5.41. The van der Waals surface area contributed by atoms with Crippen LogP contribution in [0.2, 0.25) is 0 Å². The minimum Gasteiger partial charge on any atom is -0.0654 e. The van der Waals surface area contributed by atoms with Gasteiger partial charge in [-0.3, -0.25) is 0 Å². The summed E-state index contributed by atoms with van der Waals surface area (Å²) >= 11 is 0. The van der Waals surface area contributed by atoms with Gasteiger partial charge in [0, 0.05) is 0 Å². The van der Waals surface area contributed by atoms with Gasteiger partial charge < -0.3 is 0 Å². The number of hydrogen-bond acceptors (Lipinski definition) is 0. The summed E-state index contributed by atoms with van der Waals surface area (Å²) in [6.07, 6.45) is 8.59. The summed E-state index contributed by atoms with van der Waals surface area (Å²) in [6.45, 7) is 14.5. The Morgan fingerprint density at radius 1 is 1.06 bits per heavy atom. The molecule has 102 valence electrons. The van der Waals surface area contributed by atoms with Crippen LogP contribution in [0.3, 0.4) is 0 Å². The fourth-order valence-corrected chi connectivity index (χ4v) is 4.10. The molecule has 1 aliphatic rings. The quantitative estimate of drug-likeness (QED) is 0.493. The van der Waals surface area contributed by atoms with Crippen LogP contribution in [0.5, 0.6) is 0 Å². The van der Waals surface area contributed by atoms with E-state index < -0.39 is 0 Å². The molecular formula is C17H34. The summed E-state index contributed by atoms with van der Waals surface area (Å²) in [4.78, 5) is 0. The van der Waals surface area contributed by atoms with E-state index in [1.807, 2.05) is 0 Å². The maximum atomic E-state index is 2.53. The smallest absolute Gasteiger partial charge is 0.0264 e. The Morgan fingerprint density at radius 2 is 1.65 bits per heavy atom. The van der Waals surface area contributed by atoms with Gasteiger partial charge in [-0.15, -0.1) is 0 Å². The molecule has 0 radical (unpaired) electrons. The van der Waals surface area contributed by atoms with E-state index in [-0.39, 0.29) is 0 Å². The Labute approximate surface area is 110 Å². The highest BCUT2D eigenvalue weighted by atomic mass is 14.6. The Bertz CT molecular complexity index is 218. The van der Waals surface area contributed by atoms with Gasteiger partial charge >= 0.3 is 0 Å². The van der Waals surface area contributed by atoms with E-state index in [4.69, 9.17) is 0 Å². The number of hydrogen-bond donors (Lipinski definition) is 0. The zero-order valence-electron chi connectivity index (χ0n) is 13.1. The van der Waals surface area contributed by atoms with Gasteiger partial charge in [-0.25, -0.2) is 0 Å². The van der Waals surface area contributed by atoms with Crippen molar-refractivity contribution in [1.29, 1.82) is 0 Å². The molecule has 17 heavy (non-hydrogen) atoms. The van der Waals surface area contributed by atoms with Gasteiger partial charge in [-0.05, 0) is 35.5 Å². The standard InChI is InChI=1S/C17H34/c1-7-8-10-14(4)11-9-12-17(6)15(5)16(17)13(2)3/h13-16H,7-12H2,1-6H3. The van der Waals surface area contributed by atoms with Crippen LogP contribution >= 0.6 is 0 Å². The minimum absolute atomic E-state index is 0.679. The molecule has 0 heterocycles. The molecule has 0 aromatic rings. The van der Waals surface area contributed by atoms with Gasteiger partial charge in [-0.1, -0.05) is 73.6 Å². The average molecular weight is 238 g/mol. The molecule has 0 amide bonds. The summed E-state index contributed by atoms with van der Waals surface area (Å²) in [5, 5.41) is 0. The molecule has 1 aliphatic carbocycles. The summed E-state index contributed by atoms with van der Waals surface area (Å²) in [6, 6.07) is 0. The summed E-state index contributed by atoms with van der Waals surface area (Å²) in [5.41, 5.74) is 0.679. The molecule has 4 atom stereocenters. The predicted molar refractivity (Wildman–Crippen MR) is 78.1 cm³/mol. The molecule has 1 saturated carbocycles. The summed E-state index contributed by atoms with van der Waals surface area (Å²) in [5.74, 6) is 3.79. The lowest BCUT2D eigenvalue weighted by Crippen LogP contribution is -2.04. The lowest BCUT2D eigenvalue weighted by atomic mass is 9.90. The van der Waals surface area contributed by atoms with Crippen molar-refractivity contribution >= 4 is 0 Å². The average Bonchev–Trinajstić information content (AvgIpc) is 2.78. The van der Waals surface area contributed by atoms with E-state index in [9.17, 15) is 0 Å². The van der Waals surface area contributed by atoms with E-state index >= 15 is 0 Å². The Balaban J connectivity index is 2.19. The maximum absolute atomic E-state index is 2.53. The van der Waals surface area contributed by atoms with Crippen molar-refractivity contribution < 1.29 is 0 Å². The summed E-state index contributed by atoms with van der Waals surface area (Å²) in [7, 11) is 0. The first-order valence-electron chi connectivity index (χ1n) is 7.93. The topological polar surface area (TPSA) is 0 Å². The van der Waals surface area contributed by atoms with Gasteiger partial charge in [0.15, 0.2) is 0 Å². The van der Waals surface area contributed by atoms with Crippen molar-refractivity contribution in [2.75, 3.05) is 0 Å². The van der Waals surface area contributed by atoms with E-state index in [0.29, 0.717) is 5.41 Å². The van der Waals surface area contributed by atoms with E-state index in [0.717, 1.165) is 23.7 Å². The Morgan fingerprint density at radius 3 is 2.12 bits per heavy atom. The van der Waals surface area contributed by atoms with E-state index in [2.05, 4.69) is 41.5 Å². The van der Waals surface area contributed by atoms with Gasteiger partial charge in [0.1, 0.15) is 0 Å². The van der Waals surface area contributed by atoms with Crippen LogP contribution < -0.4 is 0 Å². The second kappa shape index (κ2) is 6.25. The number of rotatable bonds is 8. The fraction of sp³-hybridized carbons (Fsp3) is 1.00. The molecule has 0 N–H and O–H groups in total. The van der Waals surface area contributed by atoms with Crippen molar-refractivity contribution in [2.24, 2.45) is 29.1 Å². The van der Waals surface area contributed by atoms with Crippen LogP contribution in [0.15, 0.2) is 0 Å². The SMILES string of the molecule is CCCCC(C)CCCC1(C)C(C)C1C(C)C. The first-order chi connectivity index (χ1) is 7.93. The van der Waals surface area contributed by atoms with Gasteiger partial charge in [0.2, 0.25) is 0 Å². The molecule has 4 unspecified atom stereocenters. The zero-order valence-corrected chi connectivity index (χ0v) is 13.1. The summed E-state index contributed by atoms with van der Waals surface area (Å²) < 4.78 is 0. The van der Waals surface area contributed by atoms with Crippen LogP contribution in [-0.2, 0) is 0 Å². The van der Waals surface area contributed by atoms with Crippen LogP contribution in [0.25, 0.3) is 0 Å². The molecule has 0 aliphatic heterocycles. The zero-order chi connectivity index (χ0) is 13.1. The first-order valence-corrected chi connectivity index (χ1v) is 7.93. The van der Waals surface area contributed by atoms with Crippen LogP contribution in [0.4, 0.5) is 0 Å². The van der Waals surface area contributed by atoms with Crippen molar-refractivity contribution in [3.05, 3.63) is 0 Å². The van der Waals surface area contributed by atoms with E-state index in [1.165, 1.54) is 38.5 Å². The van der Waals surface area contributed by atoms with E-state index in [1.54, 1.807) is 0 Å². The highest BCUT2D eigenvalue weighted by Gasteiger charge is 2.58. The minimum atomic E-state index is 0.679. The van der Waals surface area contributed by atoms with Crippen molar-refractivity contribution in [1.82, 2.24) is 0 Å². The molecule has 1 fully saturated rings. The Hall–Kier alpha value is 0. The molecule has 0 spiro atoms. The van der Waals surface area contributed by atoms with Crippen LogP contribution in [-0.4, -0.2) is 0 Å². The Kier molecular flexibility index (Phi) is 5.54.